The summed E-state index contributed by atoms with van der Waals surface area (Å²) in [5.74, 6) is 0.622. The molecule has 2 unspecified atom stereocenters. The Morgan fingerprint density at radius 3 is 2.12 bits per heavy atom. The largest absolute Gasteiger partial charge is 0.391 e. The molecule has 17 heavy (non-hydrogen) atoms. The van der Waals surface area contributed by atoms with Crippen LogP contribution in [-0.2, 0) is 0 Å². The van der Waals surface area contributed by atoms with Crippen LogP contribution in [0.1, 0.15) is 66.2 Å². The molecule has 1 aliphatic rings. The van der Waals surface area contributed by atoms with E-state index in [1.807, 2.05) is 0 Å². The smallest absolute Gasteiger partial charge is 0.0721 e. The second-order valence-electron chi connectivity index (χ2n) is 6.32. The van der Waals surface area contributed by atoms with Crippen molar-refractivity contribution in [1.29, 1.82) is 0 Å². The van der Waals surface area contributed by atoms with E-state index in [0.29, 0.717) is 5.92 Å². The number of hydrogen-bond donors (Lipinski definition) is 1. The molecule has 1 aliphatic heterocycles. The molecule has 0 radical (unpaired) electrons. The molecular weight excluding hydrogens is 210 g/mol. The molecule has 0 aliphatic carbocycles. The number of rotatable bonds is 5. The lowest BCUT2D eigenvalue weighted by molar-refractivity contribution is -0.0200. The second kappa shape index (κ2) is 6.75. The summed E-state index contributed by atoms with van der Waals surface area (Å²) in [6.45, 7) is 11.2. The Morgan fingerprint density at radius 1 is 1.12 bits per heavy atom. The first kappa shape index (κ1) is 15.0. The molecule has 0 bridgehead atoms. The summed E-state index contributed by atoms with van der Waals surface area (Å²) in [5.41, 5.74) is -0.0617. The maximum atomic E-state index is 10.5. The Labute approximate surface area is 107 Å². The van der Waals surface area contributed by atoms with Crippen molar-refractivity contribution < 1.29 is 5.11 Å². The third kappa shape index (κ3) is 4.26. The maximum Gasteiger partial charge on any atom is 0.0721 e. The molecule has 0 aromatic rings. The van der Waals surface area contributed by atoms with Crippen LogP contribution in [0, 0.1) is 5.92 Å². The van der Waals surface area contributed by atoms with E-state index in [4.69, 9.17) is 0 Å². The molecule has 1 heterocycles. The van der Waals surface area contributed by atoms with Gasteiger partial charge >= 0.3 is 0 Å². The maximum absolute atomic E-state index is 10.5. The molecule has 0 spiro atoms. The van der Waals surface area contributed by atoms with Crippen LogP contribution in [0.5, 0.6) is 0 Å². The van der Waals surface area contributed by atoms with Crippen LogP contribution in [0.2, 0.25) is 0 Å². The van der Waals surface area contributed by atoms with Gasteiger partial charge in [-0.25, -0.2) is 0 Å². The fraction of sp³-hybridized carbons (Fsp3) is 1.00. The van der Waals surface area contributed by atoms with Gasteiger partial charge in [-0.2, -0.15) is 0 Å². The third-order valence-electron chi connectivity index (χ3n) is 4.56. The molecule has 0 aromatic carbocycles. The van der Waals surface area contributed by atoms with Crippen LogP contribution in [-0.4, -0.2) is 34.7 Å². The number of aliphatic hydroxyl groups is 1. The minimum atomic E-state index is -0.199. The SMILES string of the molecule is CCC(C)CC(O)C(C)(C)N1CCCCCC1. The van der Waals surface area contributed by atoms with Crippen LogP contribution in [0.25, 0.3) is 0 Å². The van der Waals surface area contributed by atoms with Gasteiger partial charge in [0.15, 0.2) is 0 Å². The lowest BCUT2D eigenvalue weighted by atomic mass is 9.87. The monoisotopic (exact) mass is 241 g/mol. The van der Waals surface area contributed by atoms with Crippen molar-refractivity contribution in [3.8, 4) is 0 Å². The van der Waals surface area contributed by atoms with Gasteiger partial charge in [0, 0.05) is 5.54 Å². The van der Waals surface area contributed by atoms with E-state index in [-0.39, 0.29) is 11.6 Å². The highest BCUT2D eigenvalue weighted by Crippen LogP contribution is 2.27. The standard InChI is InChI=1S/C15H31NO/c1-5-13(2)12-14(17)15(3,4)16-10-8-6-7-9-11-16/h13-14,17H,5-12H2,1-4H3. The molecule has 0 saturated carbocycles. The molecule has 2 heteroatoms. The normalized spacial score (nSPS) is 23.1. The number of nitrogens with zero attached hydrogens (tertiary/aromatic N) is 1. The molecule has 2 nitrogen and oxygen atoms in total. The van der Waals surface area contributed by atoms with Crippen molar-refractivity contribution in [1.82, 2.24) is 4.90 Å². The van der Waals surface area contributed by atoms with E-state index in [2.05, 4.69) is 32.6 Å². The van der Waals surface area contributed by atoms with E-state index in [1.165, 1.54) is 25.7 Å². The van der Waals surface area contributed by atoms with Gasteiger partial charge in [-0.3, -0.25) is 4.90 Å². The van der Waals surface area contributed by atoms with Crippen molar-refractivity contribution >= 4 is 0 Å². The molecule has 102 valence electrons. The minimum absolute atomic E-state index is 0.0617. The Hall–Kier alpha value is -0.0800. The van der Waals surface area contributed by atoms with E-state index >= 15 is 0 Å². The lowest BCUT2D eigenvalue weighted by Crippen LogP contribution is -2.53. The molecule has 1 N–H and O–H groups in total. The van der Waals surface area contributed by atoms with Gasteiger partial charge in [-0.1, -0.05) is 33.1 Å². The number of hydrogen-bond acceptors (Lipinski definition) is 2. The van der Waals surface area contributed by atoms with Gasteiger partial charge in [-0.05, 0) is 52.1 Å². The quantitative estimate of drug-likeness (QED) is 0.797. The van der Waals surface area contributed by atoms with Crippen LogP contribution in [0.3, 0.4) is 0 Å². The second-order valence-corrected chi connectivity index (χ2v) is 6.32. The van der Waals surface area contributed by atoms with Crippen molar-refractivity contribution in [2.75, 3.05) is 13.1 Å². The summed E-state index contributed by atoms with van der Waals surface area (Å²) >= 11 is 0. The van der Waals surface area contributed by atoms with E-state index < -0.39 is 0 Å². The van der Waals surface area contributed by atoms with Crippen LogP contribution < -0.4 is 0 Å². The van der Waals surface area contributed by atoms with Gasteiger partial charge in [0.25, 0.3) is 0 Å². The molecule has 1 rings (SSSR count). The van der Waals surface area contributed by atoms with Crippen molar-refractivity contribution in [2.45, 2.75) is 77.9 Å². The highest BCUT2D eigenvalue weighted by atomic mass is 16.3. The van der Waals surface area contributed by atoms with Gasteiger partial charge < -0.3 is 5.11 Å². The Balaban J connectivity index is 2.57. The average molecular weight is 241 g/mol. The summed E-state index contributed by atoms with van der Waals surface area (Å²) in [5, 5.41) is 10.5. The average Bonchev–Trinajstić information content (AvgIpc) is 2.57. The summed E-state index contributed by atoms with van der Waals surface area (Å²) in [7, 11) is 0. The topological polar surface area (TPSA) is 23.5 Å². The summed E-state index contributed by atoms with van der Waals surface area (Å²) in [6.07, 6.45) is 7.18. The molecular formula is C15H31NO. The van der Waals surface area contributed by atoms with Crippen LogP contribution >= 0.6 is 0 Å². The zero-order valence-electron chi connectivity index (χ0n) is 12.2. The fourth-order valence-corrected chi connectivity index (χ4v) is 2.69. The predicted molar refractivity (Wildman–Crippen MR) is 74.2 cm³/mol. The highest BCUT2D eigenvalue weighted by Gasteiger charge is 2.34. The molecule has 0 amide bonds. The fourth-order valence-electron chi connectivity index (χ4n) is 2.69. The summed E-state index contributed by atoms with van der Waals surface area (Å²) in [4.78, 5) is 2.51. The first-order chi connectivity index (χ1) is 7.98. The van der Waals surface area contributed by atoms with Gasteiger partial charge in [0.1, 0.15) is 0 Å². The highest BCUT2D eigenvalue weighted by molar-refractivity contribution is 4.90. The van der Waals surface area contributed by atoms with Crippen molar-refractivity contribution in [2.24, 2.45) is 5.92 Å². The van der Waals surface area contributed by atoms with E-state index in [9.17, 15) is 5.11 Å². The minimum Gasteiger partial charge on any atom is -0.391 e. The Bertz CT molecular complexity index is 207. The number of aliphatic hydroxyl groups excluding tert-OH is 1. The third-order valence-corrected chi connectivity index (χ3v) is 4.56. The van der Waals surface area contributed by atoms with Crippen molar-refractivity contribution in [3.63, 3.8) is 0 Å². The Morgan fingerprint density at radius 2 is 1.65 bits per heavy atom. The summed E-state index contributed by atoms with van der Waals surface area (Å²) < 4.78 is 0. The first-order valence-electron chi connectivity index (χ1n) is 7.41. The number of likely N-dealkylation sites (tertiary alicyclic amines) is 1. The molecule has 0 aromatic heterocycles. The van der Waals surface area contributed by atoms with Crippen LogP contribution in [0.15, 0.2) is 0 Å². The zero-order valence-corrected chi connectivity index (χ0v) is 12.2. The van der Waals surface area contributed by atoms with Gasteiger partial charge in [0.2, 0.25) is 0 Å². The Kier molecular flexibility index (Phi) is 5.94. The van der Waals surface area contributed by atoms with Crippen LogP contribution in [0.4, 0.5) is 0 Å². The molecule has 1 fully saturated rings. The predicted octanol–water partition coefficient (Wildman–Crippen LogP) is 3.44. The zero-order chi connectivity index (χ0) is 12.9. The van der Waals surface area contributed by atoms with E-state index in [0.717, 1.165) is 25.9 Å². The molecule has 2 atom stereocenters. The van der Waals surface area contributed by atoms with E-state index in [1.54, 1.807) is 0 Å². The first-order valence-corrected chi connectivity index (χ1v) is 7.41. The van der Waals surface area contributed by atoms with Crippen molar-refractivity contribution in [3.05, 3.63) is 0 Å². The molecule has 1 saturated heterocycles. The lowest BCUT2D eigenvalue weighted by Gasteiger charge is -2.42. The summed E-state index contributed by atoms with van der Waals surface area (Å²) in [6, 6.07) is 0. The van der Waals surface area contributed by atoms with Gasteiger partial charge in [-0.15, -0.1) is 0 Å². The van der Waals surface area contributed by atoms with Gasteiger partial charge in [0.05, 0.1) is 6.10 Å².